The molecule has 0 aliphatic carbocycles. The van der Waals surface area contributed by atoms with Gasteiger partial charge in [0, 0.05) is 6.04 Å². The predicted molar refractivity (Wildman–Crippen MR) is 69.4 cm³/mol. The van der Waals surface area contributed by atoms with Crippen LogP contribution in [0.4, 0.5) is 0 Å². The molecule has 0 radical (unpaired) electrons. The minimum atomic E-state index is 0.264. The molecule has 3 N–H and O–H groups in total. The smallest absolute Gasteiger partial charge is 0.0746 e. The Morgan fingerprint density at radius 2 is 2.12 bits per heavy atom. The second kappa shape index (κ2) is 6.15. The number of hydrogen-bond acceptors (Lipinski definition) is 3. The molecule has 1 aliphatic rings. The van der Waals surface area contributed by atoms with Gasteiger partial charge >= 0.3 is 0 Å². The molecule has 17 heavy (non-hydrogen) atoms. The first-order valence-corrected chi connectivity index (χ1v) is 6.45. The van der Waals surface area contributed by atoms with Crippen LogP contribution in [0.15, 0.2) is 30.3 Å². The van der Waals surface area contributed by atoms with E-state index >= 15 is 0 Å². The number of hydrazine groups is 1. The van der Waals surface area contributed by atoms with Crippen LogP contribution in [0.25, 0.3) is 0 Å². The summed E-state index contributed by atoms with van der Waals surface area (Å²) in [5.74, 6) is 5.63. The number of nitrogens with two attached hydrogens (primary N) is 1. The number of ether oxygens (including phenoxy) is 1. The van der Waals surface area contributed by atoms with Crippen molar-refractivity contribution in [2.24, 2.45) is 5.84 Å². The lowest BCUT2D eigenvalue weighted by Crippen LogP contribution is -2.44. The molecule has 1 aromatic rings. The normalized spacial score (nSPS) is 26.0. The lowest BCUT2D eigenvalue weighted by atomic mass is 10.00. The van der Waals surface area contributed by atoms with E-state index < -0.39 is 0 Å². The Labute approximate surface area is 103 Å². The van der Waals surface area contributed by atoms with E-state index in [1.807, 2.05) is 6.07 Å². The second-order valence-corrected chi connectivity index (χ2v) is 4.86. The highest BCUT2D eigenvalue weighted by Gasteiger charge is 2.28. The molecule has 0 amide bonds. The van der Waals surface area contributed by atoms with Crippen LogP contribution >= 0.6 is 0 Å². The average molecular weight is 234 g/mol. The first kappa shape index (κ1) is 12.6. The van der Waals surface area contributed by atoms with Crippen LogP contribution in [-0.2, 0) is 11.2 Å². The summed E-state index contributed by atoms with van der Waals surface area (Å²) in [6, 6.07) is 10.8. The molecule has 1 saturated heterocycles. The van der Waals surface area contributed by atoms with Gasteiger partial charge in [-0.05, 0) is 38.2 Å². The Hall–Kier alpha value is -0.900. The fraction of sp³-hybridized carbons (Fsp3) is 0.571. The lowest BCUT2D eigenvalue weighted by Gasteiger charge is -2.22. The Bertz CT molecular complexity index is 328. The van der Waals surface area contributed by atoms with Crippen molar-refractivity contribution in [3.63, 3.8) is 0 Å². The van der Waals surface area contributed by atoms with Crippen molar-refractivity contribution in [2.75, 3.05) is 0 Å². The summed E-state index contributed by atoms with van der Waals surface area (Å²) >= 11 is 0. The number of hydrogen-bond donors (Lipinski definition) is 2. The van der Waals surface area contributed by atoms with Crippen LogP contribution in [0.3, 0.4) is 0 Å². The second-order valence-electron chi connectivity index (χ2n) is 4.86. The molecule has 3 atom stereocenters. The van der Waals surface area contributed by atoms with Gasteiger partial charge in [0.25, 0.3) is 0 Å². The molecule has 1 heterocycles. The fourth-order valence-corrected chi connectivity index (χ4v) is 2.47. The van der Waals surface area contributed by atoms with Gasteiger partial charge in [-0.2, -0.15) is 0 Å². The van der Waals surface area contributed by atoms with Crippen LogP contribution in [0, 0.1) is 0 Å². The van der Waals surface area contributed by atoms with E-state index in [4.69, 9.17) is 10.6 Å². The van der Waals surface area contributed by atoms with Crippen LogP contribution in [0.2, 0.25) is 0 Å². The minimum absolute atomic E-state index is 0.264. The summed E-state index contributed by atoms with van der Waals surface area (Å²) in [6.45, 7) is 2.13. The molecular weight excluding hydrogens is 212 g/mol. The van der Waals surface area contributed by atoms with Gasteiger partial charge in [-0.3, -0.25) is 11.3 Å². The van der Waals surface area contributed by atoms with Crippen molar-refractivity contribution in [1.29, 1.82) is 0 Å². The topological polar surface area (TPSA) is 47.3 Å². The van der Waals surface area contributed by atoms with E-state index in [-0.39, 0.29) is 12.1 Å². The number of benzene rings is 1. The van der Waals surface area contributed by atoms with Gasteiger partial charge in [-0.25, -0.2) is 0 Å². The molecule has 0 spiro atoms. The summed E-state index contributed by atoms with van der Waals surface area (Å²) in [4.78, 5) is 0. The summed E-state index contributed by atoms with van der Waals surface area (Å²) in [5.41, 5.74) is 4.27. The van der Waals surface area contributed by atoms with Crippen LogP contribution in [0.5, 0.6) is 0 Å². The highest BCUT2D eigenvalue weighted by Crippen LogP contribution is 2.23. The van der Waals surface area contributed by atoms with Crippen molar-refractivity contribution in [3.05, 3.63) is 35.9 Å². The summed E-state index contributed by atoms with van der Waals surface area (Å²) in [6.07, 6.45) is 4.99. The monoisotopic (exact) mass is 234 g/mol. The molecular formula is C14H22N2O. The molecule has 3 unspecified atom stereocenters. The van der Waals surface area contributed by atoms with Gasteiger partial charge in [0.15, 0.2) is 0 Å². The Kier molecular flexibility index (Phi) is 4.54. The van der Waals surface area contributed by atoms with Crippen molar-refractivity contribution < 1.29 is 4.74 Å². The number of nitrogens with one attached hydrogen (secondary N) is 1. The van der Waals surface area contributed by atoms with E-state index in [2.05, 4.69) is 36.6 Å². The predicted octanol–water partition coefficient (Wildman–Crippen LogP) is 2.02. The van der Waals surface area contributed by atoms with E-state index in [0.29, 0.717) is 6.10 Å². The average Bonchev–Trinajstić information content (AvgIpc) is 2.78. The van der Waals surface area contributed by atoms with Crippen molar-refractivity contribution in [2.45, 2.75) is 50.9 Å². The summed E-state index contributed by atoms with van der Waals surface area (Å²) in [5, 5.41) is 0. The quantitative estimate of drug-likeness (QED) is 0.605. The molecule has 3 heteroatoms. The molecule has 94 valence electrons. The zero-order chi connectivity index (χ0) is 12.1. The van der Waals surface area contributed by atoms with E-state index in [1.165, 1.54) is 5.56 Å². The third-order valence-electron chi connectivity index (χ3n) is 3.51. The van der Waals surface area contributed by atoms with E-state index in [0.717, 1.165) is 25.7 Å². The maximum atomic E-state index is 5.86. The molecule has 1 aliphatic heterocycles. The van der Waals surface area contributed by atoms with Crippen LogP contribution in [-0.4, -0.2) is 18.2 Å². The van der Waals surface area contributed by atoms with Gasteiger partial charge < -0.3 is 4.74 Å². The minimum Gasteiger partial charge on any atom is -0.374 e. The Morgan fingerprint density at radius 3 is 2.71 bits per heavy atom. The van der Waals surface area contributed by atoms with Gasteiger partial charge in [0.05, 0.1) is 12.2 Å². The standard InChI is InChI=1S/C14H22N2O/c1-11-7-10-14(17-11)13(16-15)9-8-12-5-3-2-4-6-12/h2-6,11,13-14,16H,7-10,15H2,1H3. The molecule has 0 bridgehead atoms. The summed E-state index contributed by atoms with van der Waals surface area (Å²) < 4.78 is 5.86. The largest absolute Gasteiger partial charge is 0.374 e. The van der Waals surface area contributed by atoms with Gasteiger partial charge in [-0.1, -0.05) is 30.3 Å². The first-order valence-electron chi connectivity index (χ1n) is 6.45. The third kappa shape index (κ3) is 3.53. The van der Waals surface area contributed by atoms with Gasteiger partial charge in [0.2, 0.25) is 0 Å². The number of aryl methyl sites for hydroxylation is 1. The number of rotatable bonds is 5. The molecule has 3 nitrogen and oxygen atoms in total. The third-order valence-corrected chi connectivity index (χ3v) is 3.51. The Balaban J connectivity index is 1.84. The highest BCUT2D eigenvalue weighted by molar-refractivity contribution is 5.14. The van der Waals surface area contributed by atoms with Crippen LogP contribution < -0.4 is 11.3 Å². The lowest BCUT2D eigenvalue weighted by molar-refractivity contribution is 0.0301. The van der Waals surface area contributed by atoms with Crippen molar-refractivity contribution >= 4 is 0 Å². The van der Waals surface area contributed by atoms with Crippen molar-refractivity contribution in [1.82, 2.24) is 5.43 Å². The SMILES string of the molecule is CC1CCC(C(CCc2ccccc2)NN)O1. The first-order chi connectivity index (χ1) is 8.29. The van der Waals surface area contributed by atoms with E-state index in [9.17, 15) is 0 Å². The van der Waals surface area contributed by atoms with Gasteiger partial charge in [-0.15, -0.1) is 0 Å². The van der Waals surface area contributed by atoms with E-state index in [1.54, 1.807) is 0 Å². The maximum absolute atomic E-state index is 5.86. The fourth-order valence-electron chi connectivity index (χ4n) is 2.47. The van der Waals surface area contributed by atoms with Gasteiger partial charge in [0.1, 0.15) is 0 Å². The zero-order valence-corrected chi connectivity index (χ0v) is 10.4. The molecule has 2 rings (SSSR count). The molecule has 1 fully saturated rings. The zero-order valence-electron chi connectivity index (χ0n) is 10.4. The summed E-state index contributed by atoms with van der Waals surface area (Å²) in [7, 11) is 0. The highest BCUT2D eigenvalue weighted by atomic mass is 16.5. The molecule has 0 saturated carbocycles. The molecule has 0 aromatic heterocycles. The Morgan fingerprint density at radius 1 is 1.35 bits per heavy atom. The molecule has 1 aromatic carbocycles. The maximum Gasteiger partial charge on any atom is 0.0746 e. The van der Waals surface area contributed by atoms with Crippen molar-refractivity contribution in [3.8, 4) is 0 Å². The van der Waals surface area contributed by atoms with Crippen LogP contribution in [0.1, 0.15) is 31.7 Å².